The fourth-order valence-corrected chi connectivity index (χ4v) is 2.52. The Hall–Kier alpha value is -2.06. The first-order chi connectivity index (χ1) is 10.8. The Labute approximate surface area is 142 Å². The summed E-state index contributed by atoms with van der Waals surface area (Å²) >= 11 is 0. The first-order valence-electron chi connectivity index (χ1n) is 7.09. The van der Waals surface area contributed by atoms with Crippen molar-refractivity contribution in [1.82, 2.24) is 15.1 Å². The van der Waals surface area contributed by atoms with Gasteiger partial charge < -0.3 is 5.32 Å². The molecule has 5 nitrogen and oxygen atoms in total. The van der Waals surface area contributed by atoms with Gasteiger partial charge in [-0.05, 0) is 25.1 Å². The number of halogens is 4. The molecule has 2 heterocycles. The molecule has 3 rings (SSSR count). The van der Waals surface area contributed by atoms with Gasteiger partial charge in [-0.2, -0.15) is 0 Å². The molecule has 1 unspecified atom stereocenters. The fourth-order valence-electron chi connectivity index (χ4n) is 2.52. The lowest BCUT2D eigenvalue weighted by molar-refractivity contribution is -0.118. The van der Waals surface area contributed by atoms with Crippen LogP contribution in [0.2, 0.25) is 0 Å². The molecule has 1 aliphatic rings. The highest BCUT2D eigenvalue weighted by atomic mass is 35.5. The highest BCUT2D eigenvalue weighted by Crippen LogP contribution is 2.26. The van der Waals surface area contributed by atoms with Crippen LogP contribution in [0.25, 0.3) is 5.69 Å². The zero-order chi connectivity index (χ0) is 16.6. The summed E-state index contributed by atoms with van der Waals surface area (Å²) in [4.78, 5) is 12.0. The predicted molar refractivity (Wildman–Crippen MR) is 85.5 cm³/mol. The number of rotatable bonds is 3. The molecule has 1 fully saturated rings. The summed E-state index contributed by atoms with van der Waals surface area (Å²) in [6.45, 7) is 1.23. The first-order valence-corrected chi connectivity index (χ1v) is 7.09. The van der Waals surface area contributed by atoms with Gasteiger partial charge in [0.1, 0.15) is 5.82 Å². The lowest BCUT2D eigenvalue weighted by Crippen LogP contribution is -2.35. The molecule has 0 aliphatic carbocycles. The molecule has 1 amide bonds. The van der Waals surface area contributed by atoms with Crippen molar-refractivity contribution in [2.45, 2.75) is 25.3 Å². The Kier molecular flexibility index (Phi) is 5.19. The van der Waals surface area contributed by atoms with Crippen molar-refractivity contribution in [1.29, 1.82) is 0 Å². The number of alkyl halides is 2. The third-order valence-corrected chi connectivity index (χ3v) is 3.62. The van der Waals surface area contributed by atoms with Gasteiger partial charge in [-0.1, -0.05) is 6.07 Å². The van der Waals surface area contributed by atoms with E-state index in [0.29, 0.717) is 11.4 Å². The summed E-state index contributed by atoms with van der Waals surface area (Å²) in [5, 5.41) is 9.16. The first kappa shape index (κ1) is 18.3. The van der Waals surface area contributed by atoms with E-state index in [9.17, 15) is 18.0 Å². The molecular weight excluding hydrogens is 345 g/mol. The van der Waals surface area contributed by atoms with E-state index in [-0.39, 0.29) is 18.2 Å². The van der Waals surface area contributed by atoms with Gasteiger partial charge in [0.15, 0.2) is 5.82 Å². The number of hydrogen-bond donors (Lipinski definition) is 2. The van der Waals surface area contributed by atoms with E-state index in [4.69, 9.17) is 0 Å². The zero-order valence-corrected chi connectivity index (χ0v) is 13.5. The standard InChI is InChI=1S/C15H15F3N4O.ClH/c1-9-5-13(20-14(23)12-7-15(17,18)8-19-12)21-22(9)11-4-2-3-10(16)6-11;/h2-6,12,19H,7-8H2,1H3,(H,20,21,23);1H. The Morgan fingerprint density at radius 1 is 1.42 bits per heavy atom. The van der Waals surface area contributed by atoms with E-state index in [2.05, 4.69) is 15.7 Å². The van der Waals surface area contributed by atoms with Crippen molar-refractivity contribution < 1.29 is 18.0 Å². The van der Waals surface area contributed by atoms with Crippen LogP contribution in [0.1, 0.15) is 12.1 Å². The van der Waals surface area contributed by atoms with Crippen LogP contribution in [0.4, 0.5) is 19.0 Å². The molecule has 1 aliphatic heterocycles. The lowest BCUT2D eigenvalue weighted by Gasteiger charge is -2.09. The maximum absolute atomic E-state index is 13.3. The monoisotopic (exact) mass is 360 g/mol. The van der Waals surface area contributed by atoms with Crippen LogP contribution >= 0.6 is 12.4 Å². The Morgan fingerprint density at radius 2 is 2.17 bits per heavy atom. The normalized spacial score (nSPS) is 18.9. The fraction of sp³-hybridized carbons (Fsp3) is 0.333. The summed E-state index contributed by atoms with van der Waals surface area (Å²) in [7, 11) is 0. The number of carbonyl (C=O) groups is 1. The SMILES string of the molecule is Cc1cc(NC(=O)C2CC(F)(F)CN2)nn1-c1cccc(F)c1.Cl. The van der Waals surface area contributed by atoms with Crippen molar-refractivity contribution in [3.8, 4) is 5.69 Å². The quantitative estimate of drug-likeness (QED) is 0.884. The molecule has 0 spiro atoms. The molecule has 1 aromatic heterocycles. The molecule has 2 N–H and O–H groups in total. The number of carbonyl (C=O) groups excluding carboxylic acids is 1. The number of nitrogens with zero attached hydrogens (tertiary/aromatic N) is 2. The second kappa shape index (κ2) is 6.82. The van der Waals surface area contributed by atoms with Gasteiger partial charge in [-0.15, -0.1) is 17.5 Å². The minimum absolute atomic E-state index is 0. The molecule has 1 aromatic carbocycles. The van der Waals surface area contributed by atoms with Crippen LogP contribution in [0.5, 0.6) is 0 Å². The molecular formula is C15H16ClF3N4O. The number of aryl methyl sites for hydroxylation is 1. The van der Waals surface area contributed by atoms with E-state index in [0.717, 1.165) is 0 Å². The van der Waals surface area contributed by atoms with Crippen LogP contribution < -0.4 is 10.6 Å². The van der Waals surface area contributed by atoms with Gasteiger partial charge in [-0.25, -0.2) is 17.9 Å². The summed E-state index contributed by atoms with van der Waals surface area (Å²) in [5.74, 6) is -3.61. The Morgan fingerprint density at radius 3 is 2.79 bits per heavy atom. The lowest BCUT2D eigenvalue weighted by atomic mass is 10.2. The smallest absolute Gasteiger partial charge is 0.262 e. The van der Waals surface area contributed by atoms with E-state index in [1.165, 1.54) is 16.8 Å². The molecule has 1 saturated heterocycles. The largest absolute Gasteiger partial charge is 0.308 e. The van der Waals surface area contributed by atoms with Crippen LogP contribution in [-0.2, 0) is 4.79 Å². The number of aromatic nitrogens is 2. The number of anilines is 1. The van der Waals surface area contributed by atoms with Gasteiger partial charge in [-0.3, -0.25) is 10.1 Å². The molecule has 1 atom stereocenters. The number of amides is 1. The Bertz CT molecular complexity index is 750. The molecule has 24 heavy (non-hydrogen) atoms. The molecule has 9 heteroatoms. The van der Waals surface area contributed by atoms with E-state index >= 15 is 0 Å². The zero-order valence-electron chi connectivity index (χ0n) is 12.7. The van der Waals surface area contributed by atoms with Crippen LogP contribution in [0.15, 0.2) is 30.3 Å². The summed E-state index contributed by atoms with van der Waals surface area (Å²) < 4.78 is 41.0. The van der Waals surface area contributed by atoms with Crippen molar-refractivity contribution in [3.63, 3.8) is 0 Å². The van der Waals surface area contributed by atoms with Gasteiger partial charge in [0, 0.05) is 18.2 Å². The van der Waals surface area contributed by atoms with Crippen molar-refractivity contribution in [2.75, 3.05) is 11.9 Å². The average Bonchev–Trinajstić information content (AvgIpc) is 3.01. The maximum atomic E-state index is 13.3. The predicted octanol–water partition coefficient (Wildman–Crippen LogP) is 2.68. The Balaban J connectivity index is 0.00000208. The summed E-state index contributed by atoms with van der Waals surface area (Å²) in [5.41, 5.74) is 1.18. The van der Waals surface area contributed by atoms with Crippen LogP contribution in [-0.4, -0.2) is 34.2 Å². The van der Waals surface area contributed by atoms with E-state index in [1.54, 1.807) is 25.1 Å². The van der Waals surface area contributed by atoms with Crippen molar-refractivity contribution in [2.24, 2.45) is 0 Å². The third-order valence-electron chi connectivity index (χ3n) is 3.62. The highest BCUT2D eigenvalue weighted by molar-refractivity contribution is 5.94. The molecule has 2 aromatic rings. The molecule has 0 saturated carbocycles. The molecule has 0 bridgehead atoms. The van der Waals surface area contributed by atoms with Gasteiger partial charge in [0.05, 0.1) is 18.3 Å². The van der Waals surface area contributed by atoms with Crippen LogP contribution in [0, 0.1) is 12.7 Å². The number of hydrogen-bond acceptors (Lipinski definition) is 3. The average molecular weight is 361 g/mol. The maximum Gasteiger partial charge on any atom is 0.262 e. The number of benzene rings is 1. The minimum atomic E-state index is -2.88. The second-order valence-electron chi connectivity index (χ2n) is 5.55. The minimum Gasteiger partial charge on any atom is -0.308 e. The topological polar surface area (TPSA) is 59.0 Å². The van der Waals surface area contributed by atoms with E-state index < -0.39 is 36.7 Å². The van der Waals surface area contributed by atoms with Crippen molar-refractivity contribution in [3.05, 3.63) is 41.8 Å². The van der Waals surface area contributed by atoms with E-state index in [1.807, 2.05) is 0 Å². The highest BCUT2D eigenvalue weighted by Gasteiger charge is 2.42. The molecule has 0 radical (unpaired) electrons. The second-order valence-corrected chi connectivity index (χ2v) is 5.55. The van der Waals surface area contributed by atoms with Crippen molar-refractivity contribution >= 4 is 24.1 Å². The third kappa shape index (κ3) is 3.88. The van der Waals surface area contributed by atoms with Gasteiger partial charge >= 0.3 is 0 Å². The van der Waals surface area contributed by atoms with Gasteiger partial charge in [0.2, 0.25) is 5.91 Å². The summed E-state index contributed by atoms with van der Waals surface area (Å²) in [6, 6.07) is 6.49. The van der Waals surface area contributed by atoms with Crippen LogP contribution in [0.3, 0.4) is 0 Å². The molecule has 130 valence electrons. The van der Waals surface area contributed by atoms with Gasteiger partial charge in [0.25, 0.3) is 5.92 Å². The number of nitrogens with one attached hydrogen (secondary N) is 2. The summed E-state index contributed by atoms with van der Waals surface area (Å²) in [6.07, 6.45) is -0.539.